The van der Waals surface area contributed by atoms with Gasteiger partial charge in [0.15, 0.2) is 0 Å². The van der Waals surface area contributed by atoms with E-state index in [2.05, 4.69) is 30.8 Å². The first-order chi connectivity index (χ1) is 8.86. The molecule has 0 radical (unpaired) electrons. The minimum atomic E-state index is 0.701. The third kappa shape index (κ3) is 2.40. The van der Waals surface area contributed by atoms with Gasteiger partial charge in [-0.25, -0.2) is 9.97 Å². The number of rotatable bonds is 1. The molecule has 1 aliphatic heterocycles. The molecule has 2 aliphatic rings. The first-order valence-electron chi connectivity index (χ1n) is 7.08. The largest absolute Gasteiger partial charge is 0.352 e. The molecule has 1 saturated carbocycles. The van der Waals surface area contributed by atoms with E-state index >= 15 is 0 Å². The van der Waals surface area contributed by atoms with E-state index in [0.717, 1.165) is 22.8 Å². The van der Waals surface area contributed by atoms with E-state index in [0.29, 0.717) is 6.04 Å². The molecule has 0 spiro atoms. The van der Waals surface area contributed by atoms with Gasteiger partial charge in [0.2, 0.25) is 0 Å². The van der Waals surface area contributed by atoms with Gasteiger partial charge in [0.1, 0.15) is 12.1 Å². The van der Waals surface area contributed by atoms with Crippen LogP contribution in [0.3, 0.4) is 0 Å². The highest BCUT2D eigenvalue weighted by Gasteiger charge is 2.33. The molecule has 4 heteroatoms. The molecule has 0 unspecified atom stereocenters. The summed E-state index contributed by atoms with van der Waals surface area (Å²) >= 11 is 3.61. The van der Waals surface area contributed by atoms with Crippen LogP contribution < -0.4 is 4.90 Å². The Kier molecular flexibility index (Phi) is 3.83. The number of anilines is 1. The predicted octanol–water partition coefficient (Wildman–Crippen LogP) is 3.79. The van der Waals surface area contributed by atoms with Gasteiger partial charge in [0.05, 0.1) is 4.47 Å². The summed E-state index contributed by atoms with van der Waals surface area (Å²) in [6, 6.07) is 0.701. The van der Waals surface area contributed by atoms with E-state index in [1.165, 1.54) is 44.9 Å². The van der Waals surface area contributed by atoms with Crippen molar-refractivity contribution in [3.8, 4) is 0 Å². The molecule has 2 fully saturated rings. The fourth-order valence-electron chi connectivity index (χ4n) is 3.57. The van der Waals surface area contributed by atoms with Gasteiger partial charge in [-0.05, 0) is 47.5 Å². The second-order valence-corrected chi connectivity index (χ2v) is 6.35. The van der Waals surface area contributed by atoms with Gasteiger partial charge >= 0.3 is 0 Å². The zero-order chi connectivity index (χ0) is 12.4. The summed E-state index contributed by atoms with van der Waals surface area (Å²) < 4.78 is 1.04. The molecule has 0 bridgehead atoms. The van der Waals surface area contributed by atoms with Crippen molar-refractivity contribution in [3.05, 3.63) is 17.0 Å². The highest BCUT2D eigenvalue weighted by Crippen LogP contribution is 2.37. The molecule has 0 aromatic carbocycles. The molecule has 18 heavy (non-hydrogen) atoms. The molecular formula is C14H20BrN3. The van der Waals surface area contributed by atoms with Gasteiger partial charge in [-0.1, -0.05) is 19.3 Å². The van der Waals surface area contributed by atoms with Gasteiger partial charge in [-0.15, -0.1) is 0 Å². The van der Waals surface area contributed by atoms with Crippen molar-refractivity contribution in [3.63, 3.8) is 0 Å². The van der Waals surface area contributed by atoms with Crippen molar-refractivity contribution < 1.29 is 0 Å². The van der Waals surface area contributed by atoms with Crippen LogP contribution in [0.25, 0.3) is 0 Å². The quantitative estimate of drug-likeness (QED) is 0.790. The Bertz CT molecular complexity index is 410. The van der Waals surface area contributed by atoms with Crippen LogP contribution in [0.2, 0.25) is 0 Å². The predicted molar refractivity (Wildman–Crippen MR) is 76.7 cm³/mol. The maximum absolute atomic E-state index is 4.50. The summed E-state index contributed by atoms with van der Waals surface area (Å²) in [5.41, 5.74) is 0. The van der Waals surface area contributed by atoms with Gasteiger partial charge in [0, 0.05) is 18.8 Å². The fourth-order valence-corrected chi connectivity index (χ4v) is 4.02. The first kappa shape index (κ1) is 12.4. The standard InChI is InChI=1S/C14H20BrN3/c15-12-9-16-10-17-14(12)18-8-4-3-6-11-5-1-2-7-13(11)18/h9-11,13H,1-8H2/t11-,13+/m1/s1. The fraction of sp³-hybridized carbons (Fsp3) is 0.714. The third-order valence-electron chi connectivity index (χ3n) is 4.41. The second-order valence-electron chi connectivity index (χ2n) is 5.50. The summed E-state index contributed by atoms with van der Waals surface area (Å²) in [4.78, 5) is 11.1. The van der Waals surface area contributed by atoms with Crippen LogP contribution in [0, 0.1) is 5.92 Å². The lowest BCUT2D eigenvalue weighted by molar-refractivity contribution is 0.290. The number of hydrogen-bond acceptors (Lipinski definition) is 3. The monoisotopic (exact) mass is 309 g/mol. The Morgan fingerprint density at radius 3 is 2.72 bits per heavy atom. The molecule has 2 heterocycles. The van der Waals surface area contributed by atoms with E-state index in [1.807, 2.05) is 6.20 Å². The van der Waals surface area contributed by atoms with Gasteiger partial charge in [-0.2, -0.15) is 0 Å². The lowest BCUT2D eigenvalue weighted by Crippen LogP contribution is -2.42. The Balaban J connectivity index is 1.90. The molecule has 98 valence electrons. The van der Waals surface area contributed by atoms with Crippen LogP contribution in [-0.2, 0) is 0 Å². The molecule has 1 aromatic heterocycles. The molecular weight excluding hydrogens is 290 g/mol. The van der Waals surface area contributed by atoms with E-state index in [9.17, 15) is 0 Å². The second kappa shape index (κ2) is 5.55. The van der Waals surface area contributed by atoms with Crippen molar-refractivity contribution in [2.75, 3.05) is 11.4 Å². The SMILES string of the molecule is Brc1cncnc1N1CCCC[C@H]2CCCC[C@@H]21. The number of nitrogens with zero attached hydrogens (tertiary/aromatic N) is 3. The summed E-state index contributed by atoms with van der Waals surface area (Å²) in [5.74, 6) is 1.98. The van der Waals surface area contributed by atoms with E-state index in [-0.39, 0.29) is 0 Å². The molecule has 0 amide bonds. The van der Waals surface area contributed by atoms with Gasteiger partial charge in [-0.3, -0.25) is 0 Å². The lowest BCUT2D eigenvalue weighted by atomic mass is 9.82. The van der Waals surface area contributed by atoms with Gasteiger partial charge < -0.3 is 4.90 Å². The summed E-state index contributed by atoms with van der Waals surface area (Å²) in [6.45, 7) is 1.15. The maximum atomic E-state index is 4.50. The summed E-state index contributed by atoms with van der Waals surface area (Å²) in [5, 5.41) is 0. The van der Waals surface area contributed by atoms with Crippen molar-refractivity contribution in [1.29, 1.82) is 0 Å². The molecule has 1 saturated heterocycles. The van der Waals surface area contributed by atoms with E-state index in [4.69, 9.17) is 0 Å². The van der Waals surface area contributed by atoms with Crippen molar-refractivity contribution in [2.24, 2.45) is 5.92 Å². The van der Waals surface area contributed by atoms with E-state index < -0.39 is 0 Å². The Labute approximate surface area is 117 Å². The zero-order valence-electron chi connectivity index (χ0n) is 10.7. The van der Waals surface area contributed by atoms with Crippen LogP contribution in [0.4, 0.5) is 5.82 Å². The minimum absolute atomic E-state index is 0.701. The molecule has 3 rings (SSSR count). The number of aromatic nitrogens is 2. The average molecular weight is 310 g/mol. The molecule has 1 aliphatic carbocycles. The Hall–Kier alpha value is -0.640. The van der Waals surface area contributed by atoms with Crippen molar-refractivity contribution in [2.45, 2.75) is 51.0 Å². The molecule has 3 nitrogen and oxygen atoms in total. The topological polar surface area (TPSA) is 29.0 Å². The highest BCUT2D eigenvalue weighted by molar-refractivity contribution is 9.10. The normalized spacial score (nSPS) is 28.6. The number of fused-ring (bicyclic) bond motifs is 1. The van der Waals surface area contributed by atoms with Gasteiger partial charge in [0.25, 0.3) is 0 Å². The average Bonchev–Trinajstić information content (AvgIpc) is 2.62. The lowest BCUT2D eigenvalue weighted by Gasteiger charge is -2.39. The summed E-state index contributed by atoms with van der Waals surface area (Å²) in [6.07, 6.45) is 13.1. The van der Waals surface area contributed by atoms with Crippen molar-refractivity contribution >= 4 is 21.7 Å². The smallest absolute Gasteiger partial charge is 0.146 e. The highest BCUT2D eigenvalue weighted by atomic mass is 79.9. The van der Waals surface area contributed by atoms with Crippen LogP contribution in [0.1, 0.15) is 44.9 Å². The number of hydrogen-bond donors (Lipinski definition) is 0. The van der Waals surface area contributed by atoms with Crippen LogP contribution in [0.15, 0.2) is 17.0 Å². The molecule has 2 atom stereocenters. The zero-order valence-corrected chi connectivity index (χ0v) is 12.3. The summed E-state index contributed by atoms with van der Waals surface area (Å²) in [7, 11) is 0. The minimum Gasteiger partial charge on any atom is -0.352 e. The first-order valence-corrected chi connectivity index (χ1v) is 7.87. The van der Waals surface area contributed by atoms with Crippen LogP contribution in [0.5, 0.6) is 0 Å². The maximum Gasteiger partial charge on any atom is 0.146 e. The molecule has 1 aromatic rings. The van der Waals surface area contributed by atoms with Crippen LogP contribution in [-0.4, -0.2) is 22.6 Å². The molecule has 0 N–H and O–H groups in total. The third-order valence-corrected chi connectivity index (χ3v) is 4.97. The number of halogens is 1. The van der Waals surface area contributed by atoms with Crippen molar-refractivity contribution in [1.82, 2.24) is 9.97 Å². The Morgan fingerprint density at radius 2 is 1.89 bits per heavy atom. The van der Waals surface area contributed by atoms with E-state index in [1.54, 1.807) is 6.33 Å². The Morgan fingerprint density at radius 1 is 1.11 bits per heavy atom. The van der Waals surface area contributed by atoms with Crippen LogP contribution >= 0.6 is 15.9 Å².